The lowest BCUT2D eigenvalue weighted by atomic mass is 10.1. The molecule has 2 rings (SSSR count). The minimum Gasteiger partial charge on any atom is -0.303 e. The first kappa shape index (κ1) is 10.1. The molecule has 1 aromatic carbocycles. The molecule has 0 fully saturated rings. The molecule has 1 aromatic rings. The van der Waals surface area contributed by atoms with Crippen molar-refractivity contribution in [3.8, 4) is 0 Å². The SMILES string of the molecule is CC1=Cc2ccc(CC=O)cc2S1(=O)=O. The molecule has 0 unspecified atom stereocenters. The molecule has 78 valence electrons. The van der Waals surface area contributed by atoms with Crippen LogP contribution < -0.4 is 0 Å². The van der Waals surface area contributed by atoms with Crippen molar-refractivity contribution in [2.75, 3.05) is 0 Å². The summed E-state index contributed by atoms with van der Waals surface area (Å²) in [6.45, 7) is 1.58. The predicted molar refractivity (Wildman–Crippen MR) is 57.0 cm³/mol. The molecule has 4 heteroatoms. The van der Waals surface area contributed by atoms with E-state index in [9.17, 15) is 13.2 Å². The maximum Gasteiger partial charge on any atom is 0.203 e. The van der Waals surface area contributed by atoms with Crippen LogP contribution in [0.15, 0.2) is 28.0 Å². The molecule has 1 heterocycles. The third-order valence-corrected chi connectivity index (χ3v) is 4.37. The van der Waals surface area contributed by atoms with Gasteiger partial charge in [-0.25, -0.2) is 8.42 Å². The lowest BCUT2D eigenvalue weighted by molar-refractivity contribution is -0.107. The number of hydrogen-bond donors (Lipinski definition) is 0. The summed E-state index contributed by atoms with van der Waals surface area (Å²) < 4.78 is 23.6. The van der Waals surface area contributed by atoms with Crippen molar-refractivity contribution < 1.29 is 13.2 Å². The number of carbonyl (C=O) groups is 1. The number of allylic oxidation sites excluding steroid dienone is 1. The highest BCUT2D eigenvalue weighted by Gasteiger charge is 2.26. The van der Waals surface area contributed by atoms with Crippen LogP contribution in [-0.2, 0) is 21.1 Å². The summed E-state index contributed by atoms with van der Waals surface area (Å²) in [7, 11) is -3.28. The molecule has 0 N–H and O–H groups in total. The second kappa shape index (κ2) is 3.31. The van der Waals surface area contributed by atoms with Gasteiger partial charge in [-0.1, -0.05) is 12.1 Å². The molecule has 0 atom stereocenters. The fourth-order valence-electron chi connectivity index (χ4n) is 1.62. The van der Waals surface area contributed by atoms with Crippen LogP contribution in [0.5, 0.6) is 0 Å². The molecule has 0 aliphatic carbocycles. The Labute approximate surface area is 88.3 Å². The van der Waals surface area contributed by atoms with E-state index in [4.69, 9.17) is 0 Å². The van der Waals surface area contributed by atoms with E-state index in [0.29, 0.717) is 15.4 Å². The number of fused-ring (bicyclic) bond motifs is 1. The summed E-state index contributed by atoms with van der Waals surface area (Å²) >= 11 is 0. The second-order valence-electron chi connectivity index (χ2n) is 3.50. The van der Waals surface area contributed by atoms with Crippen LogP contribution in [0.3, 0.4) is 0 Å². The molecule has 1 aliphatic rings. The van der Waals surface area contributed by atoms with Crippen LogP contribution in [0.2, 0.25) is 0 Å². The molecule has 3 nitrogen and oxygen atoms in total. The van der Waals surface area contributed by atoms with Crippen molar-refractivity contribution >= 4 is 22.2 Å². The van der Waals surface area contributed by atoms with Gasteiger partial charge >= 0.3 is 0 Å². The Hall–Kier alpha value is -1.42. The van der Waals surface area contributed by atoms with Crippen LogP contribution in [0, 0.1) is 0 Å². The number of benzene rings is 1. The Morgan fingerprint density at radius 1 is 1.33 bits per heavy atom. The summed E-state index contributed by atoms with van der Waals surface area (Å²) in [5.74, 6) is 0. The van der Waals surface area contributed by atoms with Gasteiger partial charge in [-0.15, -0.1) is 0 Å². The van der Waals surface area contributed by atoms with Gasteiger partial charge in [0.1, 0.15) is 6.29 Å². The number of sulfone groups is 1. The first-order valence-corrected chi connectivity index (χ1v) is 6.04. The van der Waals surface area contributed by atoms with E-state index < -0.39 is 9.84 Å². The van der Waals surface area contributed by atoms with E-state index in [1.54, 1.807) is 31.2 Å². The maximum absolute atomic E-state index is 11.8. The molecule has 0 spiro atoms. The highest BCUT2D eigenvalue weighted by Crippen LogP contribution is 2.32. The quantitative estimate of drug-likeness (QED) is 0.714. The van der Waals surface area contributed by atoms with Crippen LogP contribution in [0.1, 0.15) is 18.1 Å². The minimum absolute atomic E-state index is 0.252. The third-order valence-electron chi connectivity index (χ3n) is 2.47. The van der Waals surface area contributed by atoms with Gasteiger partial charge in [-0.2, -0.15) is 0 Å². The van der Waals surface area contributed by atoms with Crippen LogP contribution in [0.4, 0.5) is 0 Å². The largest absolute Gasteiger partial charge is 0.303 e. The molecule has 0 saturated carbocycles. The van der Waals surface area contributed by atoms with E-state index in [1.165, 1.54) is 0 Å². The van der Waals surface area contributed by atoms with E-state index in [-0.39, 0.29) is 6.42 Å². The zero-order valence-corrected chi connectivity index (χ0v) is 9.04. The minimum atomic E-state index is -3.28. The molecule has 0 radical (unpaired) electrons. The summed E-state index contributed by atoms with van der Waals surface area (Å²) in [5.41, 5.74) is 1.44. The Kier molecular flexibility index (Phi) is 2.23. The van der Waals surface area contributed by atoms with Gasteiger partial charge in [-0.05, 0) is 30.2 Å². The summed E-state index contributed by atoms with van der Waals surface area (Å²) in [6, 6.07) is 5.09. The number of carbonyl (C=O) groups excluding carboxylic acids is 1. The van der Waals surface area contributed by atoms with Gasteiger partial charge in [0, 0.05) is 11.3 Å². The predicted octanol–water partition coefficient (Wildman–Crippen LogP) is 1.58. The molecular weight excluding hydrogens is 212 g/mol. The Morgan fingerprint density at radius 3 is 2.73 bits per heavy atom. The van der Waals surface area contributed by atoms with Crippen LogP contribution in [0.25, 0.3) is 6.08 Å². The van der Waals surface area contributed by atoms with E-state index >= 15 is 0 Å². The van der Waals surface area contributed by atoms with Gasteiger partial charge in [0.05, 0.1) is 4.90 Å². The molecular formula is C11H10O3S. The fourth-order valence-corrected chi connectivity index (χ4v) is 3.00. The average molecular weight is 222 g/mol. The van der Waals surface area contributed by atoms with Crippen molar-refractivity contribution in [3.63, 3.8) is 0 Å². The first-order chi connectivity index (χ1) is 7.05. The highest BCUT2D eigenvalue weighted by molar-refractivity contribution is 7.95. The Morgan fingerprint density at radius 2 is 2.07 bits per heavy atom. The zero-order valence-electron chi connectivity index (χ0n) is 8.23. The number of rotatable bonds is 2. The molecule has 0 saturated heterocycles. The van der Waals surface area contributed by atoms with E-state index in [2.05, 4.69) is 0 Å². The number of hydrogen-bond acceptors (Lipinski definition) is 3. The first-order valence-electron chi connectivity index (χ1n) is 4.55. The summed E-state index contributed by atoms with van der Waals surface area (Å²) in [6.07, 6.45) is 2.67. The molecule has 1 aliphatic heterocycles. The van der Waals surface area contributed by atoms with Gasteiger partial charge in [-0.3, -0.25) is 0 Å². The normalized spacial score (nSPS) is 17.0. The van der Waals surface area contributed by atoms with Gasteiger partial charge in [0.25, 0.3) is 0 Å². The molecule has 0 bridgehead atoms. The van der Waals surface area contributed by atoms with Gasteiger partial charge in [0.2, 0.25) is 9.84 Å². The number of aldehydes is 1. The smallest absolute Gasteiger partial charge is 0.203 e. The van der Waals surface area contributed by atoms with E-state index in [1.807, 2.05) is 0 Å². The van der Waals surface area contributed by atoms with Crippen molar-refractivity contribution in [1.82, 2.24) is 0 Å². The van der Waals surface area contributed by atoms with Crippen molar-refractivity contribution in [3.05, 3.63) is 34.2 Å². The lowest BCUT2D eigenvalue weighted by Gasteiger charge is -2.01. The molecule has 0 amide bonds. The second-order valence-corrected chi connectivity index (χ2v) is 5.59. The van der Waals surface area contributed by atoms with E-state index in [0.717, 1.165) is 11.8 Å². The third kappa shape index (κ3) is 1.51. The topological polar surface area (TPSA) is 51.2 Å². The van der Waals surface area contributed by atoms with Crippen molar-refractivity contribution in [2.24, 2.45) is 0 Å². The Balaban J connectivity index is 2.60. The molecule has 0 aromatic heterocycles. The molecule has 15 heavy (non-hydrogen) atoms. The highest BCUT2D eigenvalue weighted by atomic mass is 32.2. The standard InChI is InChI=1S/C11H10O3S/c1-8-6-10-3-2-9(4-5-12)7-11(10)15(8,13)14/h2-3,5-7H,4H2,1H3. The fraction of sp³-hybridized carbons (Fsp3) is 0.182. The summed E-state index contributed by atoms with van der Waals surface area (Å²) in [4.78, 5) is 11.0. The van der Waals surface area contributed by atoms with Crippen molar-refractivity contribution in [2.45, 2.75) is 18.2 Å². The lowest BCUT2D eigenvalue weighted by Crippen LogP contribution is -1.99. The summed E-state index contributed by atoms with van der Waals surface area (Å²) in [5, 5.41) is 0. The van der Waals surface area contributed by atoms with Crippen LogP contribution >= 0.6 is 0 Å². The van der Waals surface area contributed by atoms with Gasteiger partial charge in [0.15, 0.2) is 0 Å². The maximum atomic E-state index is 11.8. The Bertz CT molecular complexity index is 553. The van der Waals surface area contributed by atoms with Gasteiger partial charge < -0.3 is 4.79 Å². The van der Waals surface area contributed by atoms with Crippen LogP contribution in [-0.4, -0.2) is 14.7 Å². The van der Waals surface area contributed by atoms with Crippen molar-refractivity contribution in [1.29, 1.82) is 0 Å². The monoisotopic (exact) mass is 222 g/mol. The zero-order chi connectivity index (χ0) is 11.1. The average Bonchev–Trinajstić information content (AvgIpc) is 2.40.